The number of alkyl halides is 3. The van der Waals surface area contributed by atoms with Crippen molar-refractivity contribution in [1.82, 2.24) is 0 Å². The molecule has 3 N–H and O–H groups in total. The Labute approximate surface area is 225 Å². The van der Waals surface area contributed by atoms with E-state index in [2.05, 4.69) is 27.7 Å². The fraction of sp³-hybridized carbons (Fsp3) is 0.900. The van der Waals surface area contributed by atoms with Crippen LogP contribution < -0.4 is 0 Å². The monoisotopic (exact) mass is 544 g/mol. The molecule has 12 atom stereocenters. The van der Waals surface area contributed by atoms with Gasteiger partial charge >= 0.3 is 12.1 Å². The Balaban J connectivity index is 1.77. The fourth-order valence-corrected chi connectivity index (χ4v) is 10.2. The van der Waals surface area contributed by atoms with Crippen LogP contribution in [0.5, 0.6) is 0 Å². The molecule has 0 radical (unpaired) electrons. The first-order chi connectivity index (χ1) is 17.5. The van der Waals surface area contributed by atoms with Crippen molar-refractivity contribution in [1.29, 1.82) is 0 Å². The lowest BCUT2D eigenvalue weighted by atomic mass is 9.36. The predicted octanol–water partition coefficient (Wildman–Crippen LogP) is 6.23. The van der Waals surface area contributed by atoms with E-state index in [1.807, 2.05) is 19.9 Å². The van der Waals surface area contributed by atoms with Gasteiger partial charge in [-0.3, -0.25) is 4.79 Å². The second kappa shape index (κ2) is 10.1. The highest BCUT2D eigenvalue weighted by Crippen LogP contribution is 2.74. The van der Waals surface area contributed by atoms with E-state index < -0.39 is 53.6 Å². The molecule has 4 saturated carbocycles. The summed E-state index contributed by atoms with van der Waals surface area (Å²) in [7, 11) is 0. The Morgan fingerprint density at radius 1 is 1.05 bits per heavy atom. The van der Waals surface area contributed by atoms with Gasteiger partial charge in [0.05, 0.1) is 24.2 Å². The Hall–Kier alpha value is -1.12. The van der Waals surface area contributed by atoms with Gasteiger partial charge in [-0.15, -0.1) is 0 Å². The molecule has 0 spiro atoms. The highest BCUT2D eigenvalue weighted by atomic mass is 19.4. The molecule has 4 rings (SSSR count). The zero-order valence-corrected chi connectivity index (χ0v) is 23.7. The highest BCUT2D eigenvalue weighted by molar-refractivity contribution is 5.71. The molecule has 38 heavy (non-hydrogen) atoms. The first kappa shape index (κ1) is 29.9. The second-order valence-corrected chi connectivity index (χ2v) is 14.0. The third-order valence-electron chi connectivity index (χ3n) is 12.0. The Kier molecular flexibility index (Phi) is 7.90. The summed E-state index contributed by atoms with van der Waals surface area (Å²) in [5.74, 6) is -2.50. The molecular formula is C30H47F3O5. The van der Waals surface area contributed by atoms with Crippen molar-refractivity contribution < 1.29 is 38.0 Å². The fourth-order valence-electron chi connectivity index (χ4n) is 10.2. The van der Waals surface area contributed by atoms with Crippen molar-refractivity contribution in [3.8, 4) is 0 Å². The number of aliphatic hydroxyl groups excluding tert-OH is 2. The van der Waals surface area contributed by atoms with E-state index in [9.17, 15) is 33.3 Å². The van der Waals surface area contributed by atoms with Crippen LogP contribution >= 0.6 is 0 Å². The topological polar surface area (TPSA) is 87.0 Å². The zero-order valence-electron chi connectivity index (χ0n) is 23.7. The molecule has 0 aromatic rings. The average molecular weight is 545 g/mol. The first-order valence-corrected chi connectivity index (χ1v) is 14.4. The highest BCUT2D eigenvalue weighted by Gasteiger charge is 2.72. The van der Waals surface area contributed by atoms with Crippen LogP contribution in [-0.4, -0.2) is 52.4 Å². The number of aliphatic carboxylic acids is 1. The quantitative estimate of drug-likeness (QED) is 0.345. The summed E-state index contributed by atoms with van der Waals surface area (Å²) in [4.78, 5) is 12.6. The zero-order chi connectivity index (χ0) is 28.4. The van der Waals surface area contributed by atoms with Gasteiger partial charge in [0.2, 0.25) is 0 Å². The molecule has 218 valence electrons. The maximum Gasteiger partial charge on any atom is 0.411 e. The molecule has 0 heterocycles. The van der Waals surface area contributed by atoms with Crippen LogP contribution in [0.15, 0.2) is 11.6 Å². The van der Waals surface area contributed by atoms with Crippen molar-refractivity contribution in [3.63, 3.8) is 0 Å². The summed E-state index contributed by atoms with van der Waals surface area (Å²) >= 11 is 0. The molecule has 3 unspecified atom stereocenters. The second-order valence-electron chi connectivity index (χ2n) is 14.0. The third-order valence-corrected chi connectivity index (χ3v) is 12.0. The number of halogens is 3. The van der Waals surface area contributed by atoms with Gasteiger partial charge in [-0.2, -0.15) is 13.2 Å². The molecule has 0 aromatic heterocycles. The lowest BCUT2D eigenvalue weighted by Crippen LogP contribution is -2.66. The van der Waals surface area contributed by atoms with Crippen LogP contribution in [0.3, 0.4) is 0 Å². The van der Waals surface area contributed by atoms with Crippen molar-refractivity contribution in [2.24, 2.45) is 51.8 Å². The van der Waals surface area contributed by atoms with E-state index >= 15 is 0 Å². The van der Waals surface area contributed by atoms with Crippen LogP contribution in [0.4, 0.5) is 13.2 Å². The number of hydrogen-bond donors (Lipinski definition) is 3. The number of hydrogen-bond acceptors (Lipinski definition) is 4. The number of carbonyl (C=O) groups is 1. The van der Waals surface area contributed by atoms with E-state index in [0.717, 1.165) is 24.8 Å². The van der Waals surface area contributed by atoms with Gasteiger partial charge in [0.25, 0.3) is 0 Å². The van der Waals surface area contributed by atoms with Gasteiger partial charge < -0.3 is 20.1 Å². The largest absolute Gasteiger partial charge is 0.481 e. The summed E-state index contributed by atoms with van der Waals surface area (Å²) in [6.07, 6.45) is -0.438. The Morgan fingerprint density at radius 3 is 2.29 bits per heavy atom. The molecule has 5 nitrogen and oxygen atoms in total. The number of ether oxygens (including phenoxy) is 1. The number of fused-ring (bicyclic) bond motifs is 5. The number of carboxylic acids is 1. The van der Waals surface area contributed by atoms with Crippen molar-refractivity contribution >= 4 is 5.97 Å². The minimum atomic E-state index is -4.51. The van der Waals surface area contributed by atoms with E-state index in [1.165, 1.54) is 0 Å². The molecule has 8 heteroatoms. The number of rotatable bonds is 6. The van der Waals surface area contributed by atoms with Crippen molar-refractivity contribution in [2.45, 2.75) is 111 Å². The molecule has 0 aromatic carbocycles. The maximum absolute atomic E-state index is 13.3. The average Bonchev–Trinajstić information content (AvgIpc) is 3.07. The van der Waals surface area contributed by atoms with Crippen LogP contribution in [0, 0.1) is 51.8 Å². The van der Waals surface area contributed by atoms with Gasteiger partial charge in [0, 0.05) is 5.92 Å². The standard InChI is InChI=1S/C30H47F3O5/c1-16(2)7-8-18(26(36)37)24-20-13-22(35)25-27(4)11-10-21(34)17(3)19(27)9-12-28(25,5)29(20,6)14-23(24)38-15-30(31,32)33/h7,17-25,34-35H,8-15H2,1-6H3,(H,36,37)/t17-,18+,19?,20?,21+,22+,23-,24+,25?,27-,28-,29-/m0/s1. The third kappa shape index (κ3) is 4.74. The smallest absolute Gasteiger partial charge is 0.411 e. The molecule has 4 aliphatic rings. The van der Waals surface area contributed by atoms with E-state index in [-0.39, 0.29) is 41.6 Å². The number of allylic oxidation sites excluding steroid dienone is 2. The molecule has 0 aliphatic heterocycles. The van der Waals surface area contributed by atoms with E-state index in [1.54, 1.807) is 0 Å². The van der Waals surface area contributed by atoms with Gasteiger partial charge in [0.15, 0.2) is 0 Å². The Morgan fingerprint density at radius 2 is 1.71 bits per heavy atom. The number of carboxylic acid groups (broad SMARTS) is 1. The summed E-state index contributed by atoms with van der Waals surface area (Å²) in [6.45, 7) is 11.0. The van der Waals surface area contributed by atoms with E-state index in [4.69, 9.17) is 4.74 Å². The maximum atomic E-state index is 13.3. The molecule has 0 saturated heterocycles. The number of aliphatic hydroxyl groups is 2. The van der Waals surface area contributed by atoms with Gasteiger partial charge in [-0.05, 0) is 98.7 Å². The minimum absolute atomic E-state index is 0.0759. The van der Waals surface area contributed by atoms with Crippen LogP contribution in [0.2, 0.25) is 0 Å². The summed E-state index contributed by atoms with van der Waals surface area (Å²) in [5, 5.41) is 32.8. The summed E-state index contributed by atoms with van der Waals surface area (Å²) < 4.78 is 45.5. The summed E-state index contributed by atoms with van der Waals surface area (Å²) in [6, 6.07) is 0. The lowest BCUT2D eigenvalue weighted by Gasteiger charge is -2.69. The van der Waals surface area contributed by atoms with Crippen molar-refractivity contribution in [3.05, 3.63) is 11.6 Å². The van der Waals surface area contributed by atoms with Gasteiger partial charge in [0.1, 0.15) is 6.61 Å². The van der Waals surface area contributed by atoms with Crippen molar-refractivity contribution in [2.75, 3.05) is 6.61 Å². The van der Waals surface area contributed by atoms with Crippen LogP contribution in [-0.2, 0) is 9.53 Å². The predicted molar refractivity (Wildman–Crippen MR) is 138 cm³/mol. The molecule has 4 aliphatic carbocycles. The molecule has 4 fully saturated rings. The molecule has 0 amide bonds. The minimum Gasteiger partial charge on any atom is -0.481 e. The molecule has 0 bridgehead atoms. The Bertz CT molecular complexity index is 931. The first-order valence-electron chi connectivity index (χ1n) is 14.4. The van der Waals surface area contributed by atoms with E-state index in [0.29, 0.717) is 19.3 Å². The summed E-state index contributed by atoms with van der Waals surface area (Å²) in [5.41, 5.74) is -0.117. The van der Waals surface area contributed by atoms with Crippen LogP contribution in [0.1, 0.15) is 86.5 Å². The SMILES string of the molecule is CC(C)=CC[C@@H](C(=O)O)[C@@H]1C2C[C@@H](O)C3[C@@]4(C)CC[C@@H](O)[C@@H](C)C4CC[C@]3(C)[C@@]2(C)C[C@@H]1OCC(F)(F)F. The normalized spacial score (nSPS) is 47.4. The van der Waals surface area contributed by atoms with Gasteiger partial charge in [-0.1, -0.05) is 39.3 Å². The molecular weight excluding hydrogens is 497 g/mol. The lowest BCUT2D eigenvalue weighted by molar-refractivity contribution is -0.240. The van der Waals surface area contributed by atoms with Crippen LogP contribution in [0.25, 0.3) is 0 Å². The van der Waals surface area contributed by atoms with Gasteiger partial charge in [-0.25, -0.2) is 0 Å².